The smallest absolute Gasteiger partial charge is 0.377 e. The lowest BCUT2D eigenvalue weighted by Gasteiger charge is -2.11. The molecule has 1 fully saturated rings. The van der Waals surface area contributed by atoms with Crippen molar-refractivity contribution >= 4 is 23.5 Å². The average molecular weight is 302 g/mol. The van der Waals surface area contributed by atoms with Gasteiger partial charge in [0.2, 0.25) is 0 Å². The molecule has 1 rings (SSSR count). The van der Waals surface area contributed by atoms with Gasteiger partial charge in [0.25, 0.3) is 0 Å². The molecule has 0 atom stereocenters. The summed E-state index contributed by atoms with van der Waals surface area (Å²) >= 11 is 0. The van der Waals surface area contributed by atoms with E-state index in [-0.39, 0.29) is 0 Å². The van der Waals surface area contributed by atoms with Gasteiger partial charge in [-0.1, -0.05) is 0 Å². The molecule has 98 valence electrons. The Morgan fingerprint density at radius 1 is 0.812 bits per heavy atom. The van der Waals surface area contributed by atoms with Crippen LogP contribution in [0.5, 0.6) is 0 Å². The highest BCUT2D eigenvalue weighted by Gasteiger charge is 2.38. The van der Waals surface area contributed by atoms with Gasteiger partial charge in [0, 0.05) is 0 Å². The SMILES string of the molecule is C1CO1.O=P(O)(O)OP(=O)(O)OP(=O)(O)O. The van der Waals surface area contributed by atoms with E-state index in [4.69, 9.17) is 24.5 Å². The van der Waals surface area contributed by atoms with Gasteiger partial charge in [0.1, 0.15) is 0 Å². The maximum Gasteiger partial charge on any atom is 0.490 e. The van der Waals surface area contributed by atoms with Crippen LogP contribution in [0.4, 0.5) is 0 Å². The first kappa shape index (κ1) is 16.4. The van der Waals surface area contributed by atoms with Crippen LogP contribution in [-0.2, 0) is 27.1 Å². The van der Waals surface area contributed by atoms with Crippen molar-refractivity contribution in [1.29, 1.82) is 0 Å². The molecule has 0 radical (unpaired) electrons. The number of epoxide rings is 1. The van der Waals surface area contributed by atoms with Crippen molar-refractivity contribution in [3.8, 4) is 0 Å². The lowest BCUT2D eigenvalue weighted by molar-refractivity contribution is 0.204. The largest absolute Gasteiger partial charge is 0.490 e. The van der Waals surface area contributed by atoms with Crippen LogP contribution in [0.3, 0.4) is 0 Å². The van der Waals surface area contributed by atoms with E-state index in [1.807, 2.05) is 0 Å². The van der Waals surface area contributed by atoms with Crippen LogP contribution >= 0.6 is 23.5 Å². The molecular weight excluding hydrogens is 293 g/mol. The summed E-state index contributed by atoms with van der Waals surface area (Å²) in [4.78, 5) is 40.2. The Labute approximate surface area is 89.1 Å². The predicted octanol–water partition coefficient (Wildman–Crippen LogP) is -0.678. The topological polar surface area (TPSA) is 183 Å². The number of rotatable bonds is 4. The molecule has 0 aromatic carbocycles. The minimum atomic E-state index is -5.46. The van der Waals surface area contributed by atoms with Crippen molar-refractivity contribution in [1.82, 2.24) is 0 Å². The van der Waals surface area contributed by atoms with E-state index < -0.39 is 23.5 Å². The van der Waals surface area contributed by atoms with Crippen LogP contribution in [0, 0.1) is 0 Å². The molecule has 5 N–H and O–H groups in total. The minimum absolute atomic E-state index is 1.00. The Bertz CT molecular complexity index is 315. The zero-order valence-electron chi connectivity index (χ0n) is 7.44. The summed E-state index contributed by atoms with van der Waals surface area (Å²) in [6.07, 6.45) is 0. The Morgan fingerprint density at radius 2 is 1.06 bits per heavy atom. The molecule has 0 aromatic rings. The third-order valence-corrected chi connectivity index (χ3v) is 3.98. The molecule has 1 saturated heterocycles. The highest BCUT2D eigenvalue weighted by Crippen LogP contribution is 2.64. The highest BCUT2D eigenvalue weighted by molar-refractivity contribution is 7.66. The Hall–Kier alpha value is 0.370. The van der Waals surface area contributed by atoms with E-state index in [2.05, 4.69) is 13.4 Å². The van der Waals surface area contributed by atoms with Gasteiger partial charge in [-0.3, -0.25) is 0 Å². The third-order valence-electron chi connectivity index (χ3n) is 0.623. The average Bonchev–Trinajstić information content (AvgIpc) is 2.52. The van der Waals surface area contributed by atoms with Crippen LogP contribution < -0.4 is 0 Å². The lowest BCUT2D eigenvalue weighted by atomic mass is 11.0. The zero-order chi connectivity index (χ0) is 13.0. The summed E-state index contributed by atoms with van der Waals surface area (Å²) < 4.78 is 40.9. The van der Waals surface area contributed by atoms with E-state index in [1.54, 1.807) is 0 Å². The molecule has 1 aliphatic rings. The highest BCUT2D eigenvalue weighted by atomic mass is 31.3. The molecule has 0 aliphatic carbocycles. The van der Waals surface area contributed by atoms with Crippen LogP contribution in [0.15, 0.2) is 0 Å². The maximum atomic E-state index is 10.4. The van der Waals surface area contributed by atoms with Crippen LogP contribution in [0.2, 0.25) is 0 Å². The fourth-order valence-corrected chi connectivity index (χ4v) is 2.82. The Balaban J connectivity index is 0.000000635. The molecule has 0 saturated carbocycles. The van der Waals surface area contributed by atoms with Gasteiger partial charge in [0.05, 0.1) is 13.2 Å². The van der Waals surface area contributed by atoms with Gasteiger partial charge >= 0.3 is 23.5 Å². The van der Waals surface area contributed by atoms with Crippen molar-refractivity contribution < 1.29 is 51.5 Å². The monoisotopic (exact) mass is 302 g/mol. The second-order valence-electron chi connectivity index (χ2n) is 2.23. The molecule has 1 aliphatic heterocycles. The third kappa shape index (κ3) is 14.4. The number of phosphoric acid groups is 3. The first-order valence-electron chi connectivity index (χ1n) is 3.36. The molecule has 11 nitrogen and oxygen atoms in total. The quantitative estimate of drug-likeness (QED) is 0.327. The number of hydrogen-bond acceptors (Lipinski definition) is 6. The fraction of sp³-hybridized carbons (Fsp3) is 1.00. The van der Waals surface area contributed by atoms with E-state index in [0.29, 0.717) is 0 Å². The van der Waals surface area contributed by atoms with Gasteiger partial charge in [-0.15, -0.1) is 0 Å². The van der Waals surface area contributed by atoms with Crippen molar-refractivity contribution in [2.45, 2.75) is 0 Å². The summed E-state index contributed by atoms with van der Waals surface area (Å²) in [5, 5.41) is 0. The normalized spacial score (nSPS) is 16.3. The van der Waals surface area contributed by atoms with E-state index in [9.17, 15) is 13.7 Å². The van der Waals surface area contributed by atoms with Gasteiger partial charge in [-0.25, -0.2) is 13.7 Å². The molecule has 0 unspecified atom stereocenters. The van der Waals surface area contributed by atoms with Gasteiger partial charge in [0.15, 0.2) is 0 Å². The van der Waals surface area contributed by atoms with Crippen LogP contribution in [0.25, 0.3) is 0 Å². The predicted molar refractivity (Wildman–Crippen MR) is 46.9 cm³/mol. The Morgan fingerprint density at radius 3 is 1.19 bits per heavy atom. The lowest BCUT2D eigenvalue weighted by Crippen LogP contribution is -1.91. The minimum Gasteiger partial charge on any atom is -0.377 e. The summed E-state index contributed by atoms with van der Waals surface area (Å²) in [6, 6.07) is 0. The van der Waals surface area contributed by atoms with Crippen LogP contribution in [0.1, 0.15) is 0 Å². The van der Waals surface area contributed by atoms with E-state index in [1.165, 1.54) is 0 Å². The molecule has 0 spiro atoms. The second kappa shape index (κ2) is 5.81. The van der Waals surface area contributed by atoms with Crippen molar-refractivity contribution in [2.75, 3.05) is 13.2 Å². The Kier molecular flexibility index (Phi) is 5.95. The second-order valence-corrected chi connectivity index (χ2v) is 6.43. The van der Waals surface area contributed by atoms with Crippen molar-refractivity contribution in [3.05, 3.63) is 0 Å². The zero-order valence-corrected chi connectivity index (χ0v) is 10.1. The summed E-state index contributed by atoms with van der Waals surface area (Å²) in [6.45, 7) is 2.00. The molecule has 1 heterocycles. The maximum absolute atomic E-state index is 10.4. The van der Waals surface area contributed by atoms with Crippen molar-refractivity contribution in [2.24, 2.45) is 0 Å². The molecule has 0 amide bonds. The molecule has 14 heteroatoms. The van der Waals surface area contributed by atoms with Crippen LogP contribution in [-0.4, -0.2) is 37.7 Å². The summed E-state index contributed by atoms with van der Waals surface area (Å²) in [5.74, 6) is 0. The standard InChI is InChI=1S/C2H4O.H5O10P3/c1-2-3-1;1-11(2,3)9-13(7,8)10-12(4,5)6/h1-2H2;(H,7,8)(H2,1,2,3)(H2,4,5,6). The van der Waals surface area contributed by atoms with E-state index in [0.717, 1.165) is 13.2 Å². The first-order valence-corrected chi connectivity index (χ1v) is 7.91. The first-order chi connectivity index (χ1) is 6.91. The molecule has 0 aromatic heterocycles. The van der Waals surface area contributed by atoms with Crippen molar-refractivity contribution in [3.63, 3.8) is 0 Å². The number of ether oxygens (including phenoxy) is 1. The summed E-state index contributed by atoms with van der Waals surface area (Å²) in [5.41, 5.74) is 0. The van der Waals surface area contributed by atoms with Gasteiger partial charge in [-0.2, -0.15) is 8.62 Å². The van der Waals surface area contributed by atoms with Gasteiger partial charge < -0.3 is 29.2 Å². The fourth-order valence-electron chi connectivity index (χ4n) is 0.284. The summed E-state index contributed by atoms with van der Waals surface area (Å²) in [7, 11) is -16.2. The van der Waals surface area contributed by atoms with E-state index >= 15 is 0 Å². The van der Waals surface area contributed by atoms with Gasteiger partial charge in [-0.05, 0) is 0 Å². The molecular formula is C2H9O11P3. The number of hydrogen-bond donors (Lipinski definition) is 5. The molecule has 0 bridgehead atoms. The molecule has 16 heavy (non-hydrogen) atoms.